The van der Waals surface area contributed by atoms with E-state index in [1.807, 2.05) is 6.07 Å². The number of ether oxygens (including phenoxy) is 3. The van der Waals surface area contributed by atoms with Crippen molar-refractivity contribution in [3.8, 4) is 11.5 Å². The van der Waals surface area contributed by atoms with E-state index in [-0.39, 0.29) is 5.60 Å². The molecular weight excluding hydrogens is 278 g/mol. The van der Waals surface area contributed by atoms with Gasteiger partial charge in [-0.25, -0.2) is 0 Å². The molecule has 1 saturated heterocycles. The second kappa shape index (κ2) is 6.10. The molecule has 0 aliphatic carbocycles. The number of benzene rings is 1. The summed E-state index contributed by atoms with van der Waals surface area (Å²) in [6, 6.07) is 4.00. The average molecular weight is 300 g/mol. The Bertz CT molecular complexity index is 476. The number of methoxy groups -OCH3 is 2. The molecule has 1 aromatic carbocycles. The second-order valence-corrected chi connectivity index (χ2v) is 6.04. The molecule has 0 radical (unpaired) electrons. The summed E-state index contributed by atoms with van der Waals surface area (Å²) < 4.78 is 16.4. The van der Waals surface area contributed by atoms with Crippen molar-refractivity contribution in [3.05, 3.63) is 17.2 Å². The topological polar surface area (TPSA) is 39.7 Å². The van der Waals surface area contributed by atoms with Gasteiger partial charge in [0.2, 0.25) is 0 Å². The van der Waals surface area contributed by atoms with Crippen molar-refractivity contribution in [2.24, 2.45) is 0 Å². The Labute approximate surface area is 125 Å². The molecule has 112 valence electrons. The quantitative estimate of drug-likeness (QED) is 0.919. The van der Waals surface area contributed by atoms with Crippen LogP contribution in [0.2, 0.25) is 5.02 Å². The third-order valence-corrected chi connectivity index (χ3v) is 3.83. The largest absolute Gasteiger partial charge is 0.495 e. The third kappa shape index (κ3) is 3.49. The zero-order valence-electron chi connectivity index (χ0n) is 12.5. The molecule has 1 atom stereocenters. The van der Waals surface area contributed by atoms with Crippen molar-refractivity contribution in [1.29, 1.82) is 0 Å². The molecule has 0 bridgehead atoms. The van der Waals surface area contributed by atoms with Crippen molar-refractivity contribution in [1.82, 2.24) is 0 Å². The summed E-state index contributed by atoms with van der Waals surface area (Å²) in [5.41, 5.74) is 0.802. The van der Waals surface area contributed by atoms with Crippen LogP contribution in [0.25, 0.3) is 0 Å². The fraction of sp³-hybridized carbons (Fsp3) is 0.600. The first-order valence-corrected chi connectivity index (χ1v) is 7.15. The summed E-state index contributed by atoms with van der Waals surface area (Å²) in [5, 5.41) is 4.06. The second-order valence-electron chi connectivity index (χ2n) is 5.63. The minimum Gasteiger partial charge on any atom is -0.495 e. The van der Waals surface area contributed by atoms with Crippen LogP contribution in [0.3, 0.4) is 0 Å². The molecule has 4 nitrogen and oxygen atoms in total. The van der Waals surface area contributed by atoms with Gasteiger partial charge in [-0.05, 0) is 26.7 Å². The van der Waals surface area contributed by atoms with Crippen LogP contribution in [0.15, 0.2) is 12.1 Å². The Balaban J connectivity index is 2.19. The lowest BCUT2D eigenvalue weighted by Gasteiger charge is -2.36. The first-order valence-electron chi connectivity index (χ1n) is 6.77. The number of anilines is 1. The average Bonchev–Trinajstić information content (AvgIpc) is 2.39. The maximum Gasteiger partial charge on any atom is 0.143 e. The van der Waals surface area contributed by atoms with E-state index in [2.05, 4.69) is 19.2 Å². The fourth-order valence-electron chi connectivity index (χ4n) is 2.55. The van der Waals surface area contributed by atoms with Crippen LogP contribution in [0.5, 0.6) is 11.5 Å². The molecule has 1 aliphatic heterocycles. The standard InChI is InChI=1S/C15H22ClNO3/c1-15(2)9-10(5-6-20-15)17-12-8-13(18-3)11(16)7-14(12)19-4/h7-8,10,17H,5-6,9H2,1-4H3. The lowest BCUT2D eigenvalue weighted by atomic mass is 9.94. The van der Waals surface area contributed by atoms with Gasteiger partial charge in [-0.1, -0.05) is 11.6 Å². The van der Waals surface area contributed by atoms with E-state index in [0.717, 1.165) is 30.9 Å². The van der Waals surface area contributed by atoms with Crippen molar-refractivity contribution < 1.29 is 14.2 Å². The molecule has 0 saturated carbocycles. The van der Waals surface area contributed by atoms with Crippen molar-refractivity contribution in [2.45, 2.75) is 38.3 Å². The van der Waals surface area contributed by atoms with Gasteiger partial charge in [0.25, 0.3) is 0 Å². The number of nitrogens with one attached hydrogen (secondary N) is 1. The zero-order chi connectivity index (χ0) is 14.8. The maximum absolute atomic E-state index is 6.12. The van der Waals surface area contributed by atoms with E-state index in [9.17, 15) is 0 Å². The van der Waals surface area contributed by atoms with Crippen LogP contribution in [0.4, 0.5) is 5.69 Å². The van der Waals surface area contributed by atoms with E-state index in [1.54, 1.807) is 20.3 Å². The number of hydrogen-bond acceptors (Lipinski definition) is 4. The van der Waals surface area contributed by atoms with Crippen molar-refractivity contribution >= 4 is 17.3 Å². The van der Waals surface area contributed by atoms with Gasteiger partial charge in [0.15, 0.2) is 0 Å². The summed E-state index contributed by atoms with van der Waals surface area (Å²) in [6.45, 7) is 4.98. The molecule has 1 N–H and O–H groups in total. The highest BCUT2D eigenvalue weighted by molar-refractivity contribution is 6.32. The van der Waals surface area contributed by atoms with Gasteiger partial charge in [-0.2, -0.15) is 0 Å². The van der Waals surface area contributed by atoms with Crippen LogP contribution >= 0.6 is 11.6 Å². The van der Waals surface area contributed by atoms with Crippen LogP contribution in [-0.4, -0.2) is 32.5 Å². The smallest absolute Gasteiger partial charge is 0.143 e. The molecule has 0 amide bonds. The van der Waals surface area contributed by atoms with Crippen LogP contribution < -0.4 is 14.8 Å². The molecular formula is C15H22ClNO3. The van der Waals surface area contributed by atoms with Gasteiger partial charge in [0, 0.05) is 24.8 Å². The van der Waals surface area contributed by atoms with Gasteiger partial charge in [0.1, 0.15) is 11.5 Å². The van der Waals surface area contributed by atoms with Crippen LogP contribution in [0.1, 0.15) is 26.7 Å². The fourth-order valence-corrected chi connectivity index (χ4v) is 2.78. The SMILES string of the molecule is COc1cc(NC2CCOC(C)(C)C2)c(OC)cc1Cl. The molecule has 1 heterocycles. The Morgan fingerprint density at radius 3 is 2.55 bits per heavy atom. The minimum absolute atomic E-state index is 0.0976. The summed E-state index contributed by atoms with van der Waals surface area (Å²) >= 11 is 6.12. The van der Waals surface area contributed by atoms with Gasteiger partial charge in [-0.3, -0.25) is 0 Å². The third-order valence-electron chi connectivity index (χ3n) is 3.53. The zero-order valence-corrected chi connectivity index (χ0v) is 13.2. The molecule has 1 aromatic rings. The maximum atomic E-state index is 6.12. The highest BCUT2D eigenvalue weighted by atomic mass is 35.5. The van der Waals surface area contributed by atoms with Gasteiger partial charge in [0.05, 0.1) is 30.5 Å². The van der Waals surface area contributed by atoms with E-state index in [0.29, 0.717) is 16.8 Å². The lowest BCUT2D eigenvalue weighted by Crippen LogP contribution is -2.40. The molecule has 1 aliphatic rings. The minimum atomic E-state index is -0.0976. The Morgan fingerprint density at radius 1 is 1.25 bits per heavy atom. The predicted octanol–water partition coefficient (Wildman–Crippen LogP) is 3.73. The van der Waals surface area contributed by atoms with E-state index >= 15 is 0 Å². The molecule has 1 fully saturated rings. The Morgan fingerprint density at radius 2 is 1.95 bits per heavy atom. The summed E-state index contributed by atoms with van der Waals surface area (Å²) in [5.74, 6) is 1.36. The van der Waals surface area contributed by atoms with Crippen molar-refractivity contribution in [3.63, 3.8) is 0 Å². The summed E-state index contributed by atoms with van der Waals surface area (Å²) in [4.78, 5) is 0. The van der Waals surface area contributed by atoms with E-state index < -0.39 is 0 Å². The first kappa shape index (κ1) is 15.3. The number of halogens is 1. The monoisotopic (exact) mass is 299 g/mol. The number of hydrogen-bond donors (Lipinski definition) is 1. The molecule has 5 heteroatoms. The molecule has 0 spiro atoms. The molecule has 2 rings (SSSR count). The van der Waals surface area contributed by atoms with E-state index in [4.69, 9.17) is 25.8 Å². The first-order chi connectivity index (χ1) is 9.45. The highest BCUT2D eigenvalue weighted by Crippen LogP contribution is 2.37. The van der Waals surface area contributed by atoms with Crippen LogP contribution in [0, 0.1) is 0 Å². The molecule has 20 heavy (non-hydrogen) atoms. The van der Waals surface area contributed by atoms with Gasteiger partial charge < -0.3 is 19.5 Å². The highest BCUT2D eigenvalue weighted by Gasteiger charge is 2.29. The Hall–Kier alpha value is -1.13. The Kier molecular flexibility index (Phi) is 4.66. The van der Waals surface area contributed by atoms with Crippen LogP contribution in [-0.2, 0) is 4.74 Å². The molecule has 1 unspecified atom stereocenters. The normalized spacial score (nSPS) is 21.4. The molecule has 0 aromatic heterocycles. The lowest BCUT2D eigenvalue weighted by molar-refractivity contribution is -0.0553. The van der Waals surface area contributed by atoms with Gasteiger partial charge in [-0.15, -0.1) is 0 Å². The summed E-state index contributed by atoms with van der Waals surface area (Å²) in [6.07, 6.45) is 1.92. The van der Waals surface area contributed by atoms with Crippen molar-refractivity contribution in [2.75, 3.05) is 26.1 Å². The van der Waals surface area contributed by atoms with Gasteiger partial charge >= 0.3 is 0 Å². The number of rotatable bonds is 4. The summed E-state index contributed by atoms with van der Waals surface area (Å²) in [7, 11) is 3.24. The predicted molar refractivity (Wildman–Crippen MR) is 81.2 cm³/mol. The van der Waals surface area contributed by atoms with E-state index in [1.165, 1.54) is 0 Å².